The maximum absolute atomic E-state index is 10.9. The highest BCUT2D eigenvalue weighted by Gasteiger charge is 2.13. The number of carbonyl (C=O) groups is 2. The van der Waals surface area contributed by atoms with Crippen molar-refractivity contribution in [3.8, 4) is 0 Å². The molecule has 0 bridgehead atoms. The van der Waals surface area contributed by atoms with Gasteiger partial charge in [-0.15, -0.1) is 0 Å². The van der Waals surface area contributed by atoms with E-state index in [1.54, 1.807) is 7.05 Å². The van der Waals surface area contributed by atoms with E-state index < -0.39 is 0 Å². The fourth-order valence-corrected chi connectivity index (χ4v) is 0.915. The number of hydrogen-bond acceptors (Lipinski definition) is 4. The van der Waals surface area contributed by atoms with Crippen molar-refractivity contribution in [3.63, 3.8) is 0 Å². The fourth-order valence-electron chi connectivity index (χ4n) is 0.915. The van der Waals surface area contributed by atoms with Crippen LogP contribution in [0.1, 0.15) is 19.8 Å². The van der Waals surface area contributed by atoms with Crippen LogP contribution in [0.4, 0.5) is 0 Å². The van der Waals surface area contributed by atoms with Crippen LogP contribution in [0.25, 0.3) is 0 Å². The van der Waals surface area contributed by atoms with E-state index in [1.165, 1.54) is 14.0 Å². The molecule has 0 saturated carbocycles. The molecule has 0 aliphatic heterocycles. The molecule has 4 heteroatoms. The molecule has 0 aliphatic rings. The van der Waals surface area contributed by atoms with Gasteiger partial charge in [-0.1, -0.05) is 0 Å². The molecular formula is C8H15NO3. The summed E-state index contributed by atoms with van der Waals surface area (Å²) in [6.07, 6.45) is 0.778. The molecule has 0 fully saturated rings. The van der Waals surface area contributed by atoms with Crippen molar-refractivity contribution >= 4 is 11.8 Å². The molecule has 0 unspecified atom stereocenters. The van der Waals surface area contributed by atoms with Gasteiger partial charge in [-0.3, -0.25) is 9.59 Å². The van der Waals surface area contributed by atoms with Gasteiger partial charge in [-0.05, 0) is 20.4 Å². The molecule has 0 amide bonds. The Morgan fingerprint density at radius 3 is 2.42 bits per heavy atom. The first-order valence-corrected chi connectivity index (χ1v) is 3.86. The van der Waals surface area contributed by atoms with Crippen molar-refractivity contribution in [1.82, 2.24) is 5.32 Å². The first kappa shape index (κ1) is 11.1. The average molecular weight is 173 g/mol. The van der Waals surface area contributed by atoms with Gasteiger partial charge < -0.3 is 10.1 Å². The van der Waals surface area contributed by atoms with Crippen molar-refractivity contribution in [2.45, 2.75) is 25.8 Å². The van der Waals surface area contributed by atoms with Crippen molar-refractivity contribution in [3.05, 3.63) is 0 Å². The lowest BCUT2D eigenvalue weighted by molar-refractivity contribution is -0.140. The monoisotopic (exact) mass is 173 g/mol. The maximum atomic E-state index is 10.9. The van der Waals surface area contributed by atoms with Gasteiger partial charge in [0.25, 0.3) is 0 Å². The summed E-state index contributed by atoms with van der Waals surface area (Å²) in [6.45, 7) is 1.50. The van der Waals surface area contributed by atoms with Gasteiger partial charge in [0.15, 0.2) is 0 Å². The topological polar surface area (TPSA) is 55.4 Å². The highest BCUT2D eigenvalue weighted by atomic mass is 16.5. The second-order valence-corrected chi connectivity index (χ2v) is 2.57. The number of hydrogen-bond donors (Lipinski definition) is 1. The van der Waals surface area contributed by atoms with Gasteiger partial charge in [0.2, 0.25) is 0 Å². The van der Waals surface area contributed by atoms with Gasteiger partial charge in [-0.2, -0.15) is 0 Å². The van der Waals surface area contributed by atoms with E-state index in [0.717, 1.165) is 0 Å². The zero-order chi connectivity index (χ0) is 9.56. The quantitative estimate of drug-likeness (QED) is 0.600. The third kappa shape index (κ3) is 4.08. The minimum atomic E-state index is -0.281. The van der Waals surface area contributed by atoms with Crippen LogP contribution >= 0.6 is 0 Å². The van der Waals surface area contributed by atoms with Gasteiger partial charge in [0.1, 0.15) is 5.78 Å². The van der Waals surface area contributed by atoms with Crippen LogP contribution in [-0.2, 0) is 14.3 Å². The molecule has 0 spiro atoms. The zero-order valence-electron chi connectivity index (χ0n) is 7.72. The smallest absolute Gasteiger partial charge is 0.305 e. The van der Waals surface area contributed by atoms with Crippen LogP contribution < -0.4 is 5.32 Å². The van der Waals surface area contributed by atoms with Crippen LogP contribution in [0, 0.1) is 0 Å². The number of methoxy groups -OCH3 is 1. The zero-order valence-corrected chi connectivity index (χ0v) is 7.72. The summed E-state index contributed by atoms with van der Waals surface area (Å²) < 4.78 is 4.45. The number of likely N-dealkylation sites (N-methyl/N-ethyl adjacent to an activating group) is 1. The predicted molar refractivity (Wildman–Crippen MR) is 44.8 cm³/mol. The van der Waals surface area contributed by atoms with Gasteiger partial charge in [0.05, 0.1) is 13.2 Å². The Balaban J connectivity index is 3.73. The summed E-state index contributed by atoms with van der Waals surface area (Å²) in [5.41, 5.74) is 0. The Kier molecular flexibility index (Phi) is 5.28. The van der Waals surface area contributed by atoms with Crippen LogP contribution in [0.15, 0.2) is 0 Å². The maximum Gasteiger partial charge on any atom is 0.305 e. The SMILES string of the molecule is CN[C@@H](CCC(=O)OC)C(C)=O. The minimum absolute atomic E-state index is 0.0430. The van der Waals surface area contributed by atoms with Crippen LogP contribution in [0.3, 0.4) is 0 Å². The Bertz CT molecular complexity index is 168. The van der Waals surface area contributed by atoms with Crippen LogP contribution in [-0.4, -0.2) is 32.0 Å². The molecule has 4 nitrogen and oxygen atoms in total. The summed E-state index contributed by atoms with van der Waals surface area (Å²) in [5, 5.41) is 2.82. The second kappa shape index (κ2) is 5.71. The summed E-state index contributed by atoms with van der Waals surface area (Å²) >= 11 is 0. The molecule has 0 rings (SSSR count). The summed E-state index contributed by atoms with van der Waals surface area (Å²) in [7, 11) is 3.04. The van der Waals surface area contributed by atoms with Crippen molar-refractivity contribution < 1.29 is 14.3 Å². The molecule has 0 aliphatic carbocycles. The number of ether oxygens (including phenoxy) is 1. The Hall–Kier alpha value is -0.900. The van der Waals surface area contributed by atoms with Crippen LogP contribution in [0.5, 0.6) is 0 Å². The first-order valence-electron chi connectivity index (χ1n) is 3.86. The average Bonchev–Trinajstić information content (AvgIpc) is 2.04. The summed E-state index contributed by atoms with van der Waals surface area (Å²) in [4.78, 5) is 21.6. The third-order valence-electron chi connectivity index (χ3n) is 1.70. The van der Waals surface area contributed by atoms with E-state index >= 15 is 0 Å². The molecule has 0 heterocycles. The molecule has 0 radical (unpaired) electrons. The molecule has 0 aromatic carbocycles. The number of ketones is 1. The highest BCUT2D eigenvalue weighted by molar-refractivity contribution is 5.82. The molecular weight excluding hydrogens is 158 g/mol. The lowest BCUT2D eigenvalue weighted by atomic mass is 10.1. The normalized spacial score (nSPS) is 12.2. The second-order valence-electron chi connectivity index (χ2n) is 2.57. The largest absolute Gasteiger partial charge is 0.469 e. The number of esters is 1. The number of rotatable bonds is 5. The van der Waals surface area contributed by atoms with E-state index in [0.29, 0.717) is 6.42 Å². The van der Waals surface area contributed by atoms with Crippen molar-refractivity contribution in [2.24, 2.45) is 0 Å². The van der Waals surface area contributed by atoms with E-state index in [1.807, 2.05) is 0 Å². The Labute approximate surface area is 72.3 Å². The number of carbonyl (C=O) groups excluding carboxylic acids is 2. The number of Topliss-reactive ketones (excluding diaryl/α,β-unsaturated/α-hetero) is 1. The molecule has 70 valence electrons. The van der Waals surface area contributed by atoms with E-state index in [2.05, 4.69) is 10.1 Å². The first-order chi connectivity index (χ1) is 5.61. The van der Waals surface area contributed by atoms with E-state index in [4.69, 9.17) is 0 Å². The lowest BCUT2D eigenvalue weighted by Crippen LogP contribution is -2.32. The predicted octanol–water partition coefficient (Wildman–Crippen LogP) is 0.117. The molecule has 0 saturated heterocycles. The van der Waals surface area contributed by atoms with E-state index in [-0.39, 0.29) is 24.2 Å². The summed E-state index contributed by atoms with van der Waals surface area (Å²) in [5.74, 6) is -0.238. The van der Waals surface area contributed by atoms with Gasteiger partial charge in [-0.25, -0.2) is 0 Å². The number of nitrogens with one attached hydrogen (secondary N) is 1. The molecule has 1 N–H and O–H groups in total. The molecule has 1 atom stereocenters. The minimum Gasteiger partial charge on any atom is -0.469 e. The standard InChI is InChI=1S/C8H15NO3/c1-6(10)7(9-2)4-5-8(11)12-3/h7,9H,4-5H2,1-3H3/t7-/m0/s1. The van der Waals surface area contributed by atoms with Gasteiger partial charge >= 0.3 is 5.97 Å². The lowest BCUT2D eigenvalue weighted by Gasteiger charge is -2.10. The van der Waals surface area contributed by atoms with Gasteiger partial charge in [0, 0.05) is 6.42 Å². The Morgan fingerprint density at radius 1 is 1.50 bits per heavy atom. The highest BCUT2D eigenvalue weighted by Crippen LogP contribution is 1.99. The third-order valence-corrected chi connectivity index (χ3v) is 1.70. The molecule has 0 aromatic heterocycles. The molecule has 0 aromatic rings. The van der Waals surface area contributed by atoms with Crippen LogP contribution in [0.2, 0.25) is 0 Å². The Morgan fingerprint density at radius 2 is 2.08 bits per heavy atom. The summed E-state index contributed by atoms with van der Waals surface area (Å²) in [6, 6.07) is -0.232. The fraction of sp³-hybridized carbons (Fsp3) is 0.750. The van der Waals surface area contributed by atoms with E-state index in [9.17, 15) is 9.59 Å². The molecule has 12 heavy (non-hydrogen) atoms. The van der Waals surface area contributed by atoms with Crippen molar-refractivity contribution in [1.29, 1.82) is 0 Å². The van der Waals surface area contributed by atoms with Crippen molar-refractivity contribution in [2.75, 3.05) is 14.2 Å².